The fourth-order valence-corrected chi connectivity index (χ4v) is 6.81. The SMILES string of the molecule is COc1ccc(OP2(F)=NP(F)(F)=NP(F)(F)=N2)c(Cl)c1. The van der Waals surface area contributed by atoms with E-state index in [0.29, 0.717) is 0 Å². The zero-order chi connectivity index (χ0) is 15.9. The van der Waals surface area contributed by atoms with Crippen molar-refractivity contribution in [3.05, 3.63) is 23.2 Å². The molecule has 1 heterocycles. The lowest BCUT2D eigenvalue weighted by Crippen LogP contribution is -1.90. The number of hydrogen-bond acceptors (Lipinski definition) is 5. The maximum absolute atomic E-state index is 14.1. The first-order chi connectivity index (χ1) is 9.54. The van der Waals surface area contributed by atoms with Gasteiger partial charge in [0, 0.05) is 6.07 Å². The summed E-state index contributed by atoms with van der Waals surface area (Å²) in [5.41, 5.74) is 0. The molecule has 0 radical (unpaired) electrons. The summed E-state index contributed by atoms with van der Waals surface area (Å²) in [6, 6.07) is 3.55. The van der Waals surface area contributed by atoms with Crippen LogP contribution in [-0.4, -0.2) is 7.11 Å². The van der Waals surface area contributed by atoms with Crippen LogP contribution in [0.5, 0.6) is 11.5 Å². The molecular formula is C7H6ClF5N3O2P3. The third-order valence-electron chi connectivity index (χ3n) is 2.00. The third-order valence-corrected chi connectivity index (χ3v) is 7.94. The van der Waals surface area contributed by atoms with Crippen molar-refractivity contribution >= 4 is 35.0 Å². The lowest BCUT2D eigenvalue weighted by Gasteiger charge is -2.17. The Balaban J connectivity index is 2.46. The molecule has 1 aromatic rings. The normalized spacial score (nSPS) is 26.0. The van der Waals surface area contributed by atoms with Crippen LogP contribution in [0.4, 0.5) is 21.0 Å². The Bertz CT molecular complexity index is 738. The fourth-order valence-electron chi connectivity index (χ4n) is 1.29. The highest BCUT2D eigenvalue weighted by molar-refractivity contribution is 7.77. The van der Waals surface area contributed by atoms with Gasteiger partial charge in [-0.3, -0.25) is 0 Å². The standard InChI is InChI=1S/C7H6ClF5N3O2P3/c1-17-5-2-3-7(6(8)4-5)18-21(13)15-19(9,10)14-20(11,12)16-21/h2-4H,1H3. The summed E-state index contributed by atoms with van der Waals surface area (Å²) in [4.78, 5) is 0. The van der Waals surface area contributed by atoms with E-state index in [0.717, 1.165) is 6.07 Å². The molecule has 0 spiro atoms. The van der Waals surface area contributed by atoms with Crippen LogP contribution in [0.25, 0.3) is 0 Å². The van der Waals surface area contributed by atoms with Gasteiger partial charge in [-0.2, -0.15) is 0 Å². The molecule has 5 nitrogen and oxygen atoms in total. The van der Waals surface area contributed by atoms with E-state index < -0.39 is 29.1 Å². The molecule has 1 atom stereocenters. The fraction of sp³-hybridized carbons (Fsp3) is 0.143. The van der Waals surface area contributed by atoms with E-state index in [-0.39, 0.29) is 10.8 Å². The van der Waals surface area contributed by atoms with Crippen molar-refractivity contribution in [1.82, 2.24) is 0 Å². The molecule has 0 saturated carbocycles. The molecule has 0 aromatic heterocycles. The number of hydrogen-bond donors (Lipinski definition) is 0. The van der Waals surface area contributed by atoms with Crippen molar-refractivity contribution in [3.63, 3.8) is 0 Å². The second-order valence-electron chi connectivity index (χ2n) is 3.54. The summed E-state index contributed by atoms with van der Waals surface area (Å²) < 4.78 is 82.2. The van der Waals surface area contributed by atoms with Crippen LogP contribution in [0.3, 0.4) is 0 Å². The molecule has 0 bridgehead atoms. The maximum Gasteiger partial charge on any atom is 0.441 e. The van der Waals surface area contributed by atoms with Crippen LogP contribution in [0.15, 0.2) is 31.7 Å². The van der Waals surface area contributed by atoms with Gasteiger partial charge in [-0.15, -0.1) is 34.5 Å². The van der Waals surface area contributed by atoms with Crippen molar-refractivity contribution in [2.24, 2.45) is 13.5 Å². The van der Waals surface area contributed by atoms with E-state index in [1.807, 2.05) is 4.52 Å². The van der Waals surface area contributed by atoms with Gasteiger partial charge < -0.3 is 9.26 Å². The zero-order valence-corrected chi connectivity index (χ0v) is 13.4. The van der Waals surface area contributed by atoms with E-state index in [4.69, 9.17) is 16.3 Å². The van der Waals surface area contributed by atoms with Crippen molar-refractivity contribution in [1.29, 1.82) is 0 Å². The monoisotopic (exact) mass is 387 g/mol. The first kappa shape index (κ1) is 16.8. The van der Waals surface area contributed by atoms with Gasteiger partial charge in [0.25, 0.3) is 0 Å². The topological polar surface area (TPSA) is 55.5 Å². The van der Waals surface area contributed by atoms with Gasteiger partial charge in [0.2, 0.25) is 0 Å². The van der Waals surface area contributed by atoms with E-state index in [1.54, 1.807) is 0 Å². The second-order valence-corrected chi connectivity index (χ2v) is 9.05. The predicted octanol–water partition coefficient (Wildman–Crippen LogP) is 7.43. The quantitative estimate of drug-likeness (QED) is 0.400. The summed E-state index contributed by atoms with van der Waals surface area (Å²) >= 11 is 5.71. The number of ether oxygens (including phenoxy) is 1. The van der Waals surface area contributed by atoms with Gasteiger partial charge in [0.15, 0.2) is 0 Å². The van der Waals surface area contributed by atoms with Gasteiger partial charge >= 0.3 is 23.4 Å². The molecule has 0 N–H and O–H groups in total. The molecule has 1 unspecified atom stereocenters. The first-order valence-corrected chi connectivity index (χ1v) is 9.80. The average molecular weight is 388 g/mol. The molecule has 1 aliphatic rings. The minimum absolute atomic E-state index is 0.220. The summed E-state index contributed by atoms with van der Waals surface area (Å²) in [5, 5.41) is -0.220. The van der Waals surface area contributed by atoms with Crippen LogP contribution < -0.4 is 9.26 Å². The van der Waals surface area contributed by atoms with Crippen LogP contribution in [0.1, 0.15) is 0 Å². The Hall–Kier alpha value is -0.550. The number of rotatable bonds is 3. The number of benzene rings is 1. The van der Waals surface area contributed by atoms with Crippen LogP contribution >= 0.6 is 35.0 Å². The predicted molar refractivity (Wildman–Crippen MR) is 72.2 cm³/mol. The second kappa shape index (κ2) is 5.58. The van der Waals surface area contributed by atoms with Gasteiger partial charge in [-0.25, -0.2) is 0 Å². The lowest BCUT2D eigenvalue weighted by molar-refractivity contribution is 0.414. The number of methoxy groups -OCH3 is 1. The van der Waals surface area contributed by atoms with Gasteiger partial charge in [-0.05, 0) is 12.1 Å². The minimum Gasteiger partial charge on any atom is -0.497 e. The molecule has 0 amide bonds. The zero-order valence-electron chi connectivity index (χ0n) is 10.00. The van der Waals surface area contributed by atoms with E-state index in [2.05, 4.69) is 13.6 Å². The average Bonchev–Trinajstić information content (AvgIpc) is 2.26. The van der Waals surface area contributed by atoms with Crippen molar-refractivity contribution in [2.75, 3.05) is 7.11 Å². The highest BCUT2D eigenvalue weighted by atomic mass is 35.5. The number of nitrogens with zero attached hydrogens (tertiary/aromatic N) is 3. The molecule has 0 saturated heterocycles. The Morgan fingerprint density at radius 1 is 1.00 bits per heavy atom. The van der Waals surface area contributed by atoms with Crippen LogP contribution in [0, 0.1) is 0 Å². The van der Waals surface area contributed by atoms with E-state index in [9.17, 15) is 21.0 Å². The maximum atomic E-state index is 14.1. The summed E-state index contributed by atoms with van der Waals surface area (Å²) in [6.45, 7) is 0. The highest BCUT2D eigenvalue weighted by Crippen LogP contribution is 2.81. The van der Waals surface area contributed by atoms with Crippen LogP contribution in [0.2, 0.25) is 5.02 Å². The first-order valence-electron chi connectivity index (χ1n) is 4.97. The van der Waals surface area contributed by atoms with Crippen LogP contribution in [-0.2, 0) is 0 Å². The largest absolute Gasteiger partial charge is 0.497 e. The summed E-state index contributed by atoms with van der Waals surface area (Å²) in [7, 11) is -15.5. The Morgan fingerprint density at radius 2 is 1.62 bits per heavy atom. The molecule has 1 aromatic carbocycles. The molecule has 118 valence electrons. The molecule has 21 heavy (non-hydrogen) atoms. The Kier molecular flexibility index (Phi) is 4.47. The van der Waals surface area contributed by atoms with Crippen molar-refractivity contribution in [2.45, 2.75) is 0 Å². The molecular weight excluding hydrogens is 381 g/mol. The lowest BCUT2D eigenvalue weighted by atomic mass is 10.3. The van der Waals surface area contributed by atoms with Gasteiger partial charge in [0.1, 0.15) is 11.5 Å². The van der Waals surface area contributed by atoms with Gasteiger partial charge in [0.05, 0.1) is 12.1 Å². The van der Waals surface area contributed by atoms with E-state index in [1.165, 1.54) is 19.2 Å². The Morgan fingerprint density at radius 3 is 2.14 bits per heavy atom. The smallest absolute Gasteiger partial charge is 0.441 e. The van der Waals surface area contributed by atoms with Crippen molar-refractivity contribution in [3.8, 4) is 11.5 Å². The molecule has 1 aliphatic heterocycles. The van der Waals surface area contributed by atoms with Gasteiger partial charge in [-0.1, -0.05) is 11.6 Å². The number of halogens is 6. The highest BCUT2D eigenvalue weighted by Gasteiger charge is 2.41. The summed E-state index contributed by atoms with van der Waals surface area (Å²) in [5.74, 6) is -0.163. The molecule has 0 fully saturated rings. The minimum atomic E-state index is -5.81. The third kappa shape index (κ3) is 4.22. The molecule has 14 heteroatoms. The van der Waals surface area contributed by atoms with E-state index >= 15 is 0 Å². The Labute approximate surface area is 121 Å². The van der Waals surface area contributed by atoms with Crippen molar-refractivity contribution < 1.29 is 30.2 Å². The summed E-state index contributed by atoms with van der Waals surface area (Å²) in [6.07, 6.45) is 0. The molecule has 0 aliphatic carbocycles. The molecule has 2 rings (SSSR count).